The summed E-state index contributed by atoms with van der Waals surface area (Å²) in [5, 5.41) is 5.94. The van der Waals surface area contributed by atoms with E-state index in [0.29, 0.717) is 13.1 Å². The predicted molar refractivity (Wildman–Crippen MR) is 64.4 cm³/mol. The number of aromatic nitrogens is 2. The molecule has 0 amide bonds. The van der Waals surface area contributed by atoms with E-state index in [1.165, 1.54) is 4.68 Å². The molecule has 0 spiro atoms. The molecule has 4 nitrogen and oxygen atoms in total. The van der Waals surface area contributed by atoms with Crippen LogP contribution in [0, 0.1) is 6.92 Å². The zero-order chi connectivity index (χ0) is 11.5. The van der Waals surface area contributed by atoms with Crippen molar-refractivity contribution < 1.29 is 0 Å². The van der Waals surface area contributed by atoms with E-state index in [-0.39, 0.29) is 5.56 Å². The first-order valence-electron chi connectivity index (χ1n) is 5.40. The summed E-state index contributed by atoms with van der Waals surface area (Å²) in [6.45, 7) is 3.07. The number of benzene rings is 1. The van der Waals surface area contributed by atoms with E-state index in [4.69, 9.17) is 5.73 Å². The lowest BCUT2D eigenvalue weighted by molar-refractivity contribution is 0.553. The van der Waals surface area contributed by atoms with E-state index >= 15 is 0 Å². The molecule has 84 valence electrons. The first kappa shape index (κ1) is 10.8. The Hall–Kier alpha value is -1.68. The molecule has 0 aliphatic carbocycles. The van der Waals surface area contributed by atoms with Gasteiger partial charge in [0.05, 0.1) is 11.1 Å². The standard InChI is InChI=1S/C12H15N3O/c1-9-10-5-2-3-6-11(10)12(16)15(14-9)8-4-7-13/h2-3,5-6H,4,7-8,13H2,1H3. The van der Waals surface area contributed by atoms with Crippen LogP contribution in [-0.4, -0.2) is 16.3 Å². The molecule has 0 atom stereocenters. The van der Waals surface area contributed by atoms with Crippen molar-refractivity contribution in [1.29, 1.82) is 0 Å². The maximum Gasteiger partial charge on any atom is 0.274 e. The summed E-state index contributed by atoms with van der Waals surface area (Å²) < 4.78 is 1.50. The number of aryl methyl sites for hydroxylation is 2. The minimum Gasteiger partial charge on any atom is -0.330 e. The Labute approximate surface area is 93.7 Å². The molecular formula is C12H15N3O. The number of rotatable bonds is 3. The second kappa shape index (κ2) is 4.45. The van der Waals surface area contributed by atoms with Crippen molar-refractivity contribution >= 4 is 10.8 Å². The van der Waals surface area contributed by atoms with Crippen molar-refractivity contribution in [3.8, 4) is 0 Å². The number of hydrogen-bond donors (Lipinski definition) is 1. The SMILES string of the molecule is Cc1nn(CCCN)c(=O)c2ccccc12. The lowest BCUT2D eigenvalue weighted by Gasteiger charge is -2.07. The van der Waals surface area contributed by atoms with Crippen LogP contribution in [-0.2, 0) is 6.54 Å². The highest BCUT2D eigenvalue weighted by Gasteiger charge is 2.06. The highest BCUT2D eigenvalue weighted by molar-refractivity contribution is 5.83. The molecule has 2 aromatic rings. The second-order valence-electron chi connectivity index (χ2n) is 3.80. The molecule has 0 bridgehead atoms. The molecule has 0 radical (unpaired) electrons. The number of nitrogens with two attached hydrogens (primary N) is 1. The Balaban J connectivity index is 2.61. The average molecular weight is 217 g/mol. The topological polar surface area (TPSA) is 60.9 Å². The van der Waals surface area contributed by atoms with Crippen LogP contribution >= 0.6 is 0 Å². The second-order valence-corrected chi connectivity index (χ2v) is 3.80. The van der Waals surface area contributed by atoms with Crippen molar-refractivity contribution in [2.45, 2.75) is 19.9 Å². The molecule has 0 aliphatic rings. The molecule has 0 unspecified atom stereocenters. The van der Waals surface area contributed by atoms with E-state index < -0.39 is 0 Å². The molecule has 16 heavy (non-hydrogen) atoms. The number of fused-ring (bicyclic) bond motifs is 1. The van der Waals surface area contributed by atoms with E-state index in [1.807, 2.05) is 31.2 Å². The maximum atomic E-state index is 12.0. The van der Waals surface area contributed by atoms with Gasteiger partial charge in [0.15, 0.2) is 0 Å². The van der Waals surface area contributed by atoms with Crippen LogP contribution in [0.25, 0.3) is 10.8 Å². The quantitative estimate of drug-likeness (QED) is 0.836. The van der Waals surface area contributed by atoms with Gasteiger partial charge < -0.3 is 5.73 Å². The summed E-state index contributed by atoms with van der Waals surface area (Å²) in [6, 6.07) is 7.55. The predicted octanol–water partition coefficient (Wildman–Crippen LogP) is 1.05. The van der Waals surface area contributed by atoms with Gasteiger partial charge in [-0.15, -0.1) is 0 Å². The van der Waals surface area contributed by atoms with Crippen molar-refractivity contribution in [2.24, 2.45) is 5.73 Å². The summed E-state index contributed by atoms with van der Waals surface area (Å²) >= 11 is 0. The molecule has 2 N–H and O–H groups in total. The van der Waals surface area contributed by atoms with Crippen molar-refractivity contribution in [2.75, 3.05) is 6.54 Å². The Bertz CT molecular complexity index is 560. The summed E-state index contributed by atoms with van der Waals surface area (Å²) in [5.74, 6) is 0. The monoisotopic (exact) mass is 217 g/mol. The fraction of sp³-hybridized carbons (Fsp3) is 0.333. The lowest BCUT2D eigenvalue weighted by Crippen LogP contribution is -2.25. The van der Waals surface area contributed by atoms with Gasteiger partial charge in [-0.3, -0.25) is 4.79 Å². The van der Waals surface area contributed by atoms with E-state index in [9.17, 15) is 4.79 Å². The smallest absolute Gasteiger partial charge is 0.274 e. The van der Waals surface area contributed by atoms with Crippen LogP contribution in [0.1, 0.15) is 12.1 Å². The molecule has 0 saturated heterocycles. The summed E-state index contributed by atoms with van der Waals surface area (Å²) in [4.78, 5) is 12.0. The van der Waals surface area contributed by atoms with Crippen LogP contribution in [0.5, 0.6) is 0 Å². The maximum absolute atomic E-state index is 12.0. The van der Waals surface area contributed by atoms with Crippen LogP contribution in [0.15, 0.2) is 29.1 Å². The summed E-state index contributed by atoms with van der Waals surface area (Å²) in [7, 11) is 0. The molecule has 0 fully saturated rings. The van der Waals surface area contributed by atoms with Crippen LogP contribution in [0.3, 0.4) is 0 Å². The Morgan fingerprint density at radius 2 is 2.00 bits per heavy atom. The van der Waals surface area contributed by atoms with E-state index in [0.717, 1.165) is 22.9 Å². The third-order valence-corrected chi connectivity index (χ3v) is 2.63. The lowest BCUT2D eigenvalue weighted by atomic mass is 10.1. The first-order valence-corrected chi connectivity index (χ1v) is 5.40. The molecular weight excluding hydrogens is 202 g/mol. The summed E-state index contributed by atoms with van der Waals surface area (Å²) in [6.07, 6.45) is 0.769. The molecule has 4 heteroatoms. The van der Waals surface area contributed by atoms with Gasteiger partial charge >= 0.3 is 0 Å². The van der Waals surface area contributed by atoms with Crippen LogP contribution in [0.4, 0.5) is 0 Å². The Kier molecular flexibility index (Phi) is 3.01. The zero-order valence-corrected chi connectivity index (χ0v) is 9.31. The number of nitrogens with zero attached hydrogens (tertiary/aromatic N) is 2. The molecule has 1 aromatic heterocycles. The minimum atomic E-state index is -0.0327. The van der Waals surface area contributed by atoms with Crippen molar-refractivity contribution in [3.63, 3.8) is 0 Å². The van der Waals surface area contributed by atoms with E-state index in [1.54, 1.807) is 0 Å². The normalized spacial score (nSPS) is 10.9. The van der Waals surface area contributed by atoms with Gasteiger partial charge in [0.25, 0.3) is 5.56 Å². The average Bonchev–Trinajstić information content (AvgIpc) is 2.32. The molecule has 2 rings (SSSR count). The van der Waals surface area contributed by atoms with Crippen LogP contribution in [0.2, 0.25) is 0 Å². The van der Waals surface area contributed by atoms with Gasteiger partial charge in [-0.2, -0.15) is 5.10 Å². The summed E-state index contributed by atoms with van der Waals surface area (Å²) in [5.41, 5.74) is 6.28. The van der Waals surface area contributed by atoms with Crippen LogP contribution < -0.4 is 11.3 Å². The fourth-order valence-electron chi connectivity index (χ4n) is 1.80. The Morgan fingerprint density at radius 3 is 2.69 bits per heavy atom. The minimum absolute atomic E-state index is 0.0327. The van der Waals surface area contributed by atoms with Gasteiger partial charge in [-0.1, -0.05) is 18.2 Å². The van der Waals surface area contributed by atoms with E-state index in [2.05, 4.69) is 5.10 Å². The third kappa shape index (κ3) is 1.84. The van der Waals surface area contributed by atoms with Gasteiger partial charge in [0.1, 0.15) is 0 Å². The molecule has 0 aliphatic heterocycles. The number of hydrogen-bond acceptors (Lipinski definition) is 3. The molecule has 1 aromatic carbocycles. The van der Waals surface area contributed by atoms with Gasteiger partial charge in [0, 0.05) is 11.9 Å². The van der Waals surface area contributed by atoms with Gasteiger partial charge in [-0.05, 0) is 26.0 Å². The largest absolute Gasteiger partial charge is 0.330 e. The third-order valence-electron chi connectivity index (χ3n) is 2.63. The van der Waals surface area contributed by atoms with Gasteiger partial charge in [-0.25, -0.2) is 4.68 Å². The molecule has 1 heterocycles. The molecule has 0 saturated carbocycles. The van der Waals surface area contributed by atoms with Crippen molar-refractivity contribution in [1.82, 2.24) is 9.78 Å². The zero-order valence-electron chi connectivity index (χ0n) is 9.31. The highest BCUT2D eigenvalue weighted by Crippen LogP contribution is 2.11. The fourth-order valence-corrected chi connectivity index (χ4v) is 1.80. The Morgan fingerprint density at radius 1 is 1.31 bits per heavy atom. The first-order chi connectivity index (χ1) is 7.74. The highest BCUT2D eigenvalue weighted by atomic mass is 16.1. The van der Waals surface area contributed by atoms with Crippen molar-refractivity contribution in [3.05, 3.63) is 40.3 Å². The van der Waals surface area contributed by atoms with Gasteiger partial charge in [0.2, 0.25) is 0 Å².